The van der Waals surface area contributed by atoms with Crippen LogP contribution in [0.3, 0.4) is 0 Å². The summed E-state index contributed by atoms with van der Waals surface area (Å²) in [6, 6.07) is 15.8. The maximum Gasteiger partial charge on any atom is 0.223 e. The molecule has 0 saturated carbocycles. The van der Waals surface area contributed by atoms with E-state index in [9.17, 15) is 4.79 Å². The van der Waals surface area contributed by atoms with E-state index in [4.69, 9.17) is 9.47 Å². The van der Waals surface area contributed by atoms with Crippen LogP contribution in [0.5, 0.6) is 11.5 Å². The lowest BCUT2D eigenvalue weighted by atomic mass is 10.0. The molecule has 0 bridgehead atoms. The van der Waals surface area contributed by atoms with Crippen molar-refractivity contribution in [3.8, 4) is 11.5 Å². The Morgan fingerprint density at radius 3 is 2.81 bits per heavy atom. The molecule has 0 saturated heterocycles. The van der Waals surface area contributed by atoms with E-state index in [-0.39, 0.29) is 5.91 Å². The third-order valence-electron chi connectivity index (χ3n) is 5.09. The lowest BCUT2D eigenvalue weighted by Crippen LogP contribution is -2.35. The molecule has 1 aromatic heterocycles. The number of fused-ring (bicyclic) bond motifs is 3. The van der Waals surface area contributed by atoms with Crippen LogP contribution in [0.15, 0.2) is 48.5 Å². The van der Waals surface area contributed by atoms with Crippen LogP contribution in [0, 0.1) is 0 Å². The lowest BCUT2D eigenvalue weighted by Gasteiger charge is -2.27. The number of carbonyl (C=O) groups excluding carboxylic acids is 1. The first-order valence-electron chi connectivity index (χ1n) is 9.38. The smallest absolute Gasteiger partial charge is 0.223 e. The van der Waals surface area contributed by atoms with Gasteiger partial charge in [0.05, 0.1) is 19.2 Å². The number of H-pyrrole nitrogens is 1. The number of aromatic nitrogens is 1. The number of nitrogens with one attached hydrogen (secondary N) is 1. The molecule has 0 aliphatic carbocycles. The second-order valence-corrected chi connectivity index (χ2v) is 6.80. The van der Waals surface area contributed by atoms with Gasteiger partial charge in [-0.15, -0.1) is 0 Å². The topological polar surface area (TPSA) is 54.6 Å². The molecular formula is C22H24N2O3. The Kier molecular flexibility index (Phi) is 5.01. The van der Waals surface area contributed by atoms with E-state index in [0.29, 0.717) is 19.6 Å². The fourth-order valence-corrected chi connectivity index (χ4v) is 3.68. The fourth-order valence-electron chi connectivity index (χ4n) is 3.68. The minimum atomic E-state index is 0.189. The largest absolute Gasteiger partial charge is 0.495 e. The first kappa shape index (κ1) is 17.5. The summed E-state index contributed by atoms with van der Waals surface area (Å²) in [5.41, 5.74) is 3.45. The minimum absolute atomic E-state index is 0.189. The van der Waals surface area contributed by atoms with Gasteiger partial charge < -0.3 is 19.4 Å². The van der Waals surface area contributed by atoms with Gasteiger partial charge >= 0.3 is 0 Å². The normalized spacial score (nSPS) is 13.4. The summed E-state index contributed by atoms with van der Waals surface area (Å²) >= 11 is 0. The summed E-state index contributed by atoms with van der Waals surface area (Å²) in [6.45, 7) is 1.96. The highest BCUT2D eigenvalue weighted by Gasteiger charge is 2.24. The van der Waals surface area contributed by atoms with Crippen molar-refractivity contribution >= 4 is 16.8 Å². The Labute approximate surface area is 158 Å². The van der Waals surface area contributed by atoms with Crippen LogP contribution in [-0.4, -0.2) is 36.1 Å². The van der Waals surface area contributed by atoms with Gasteiger partial charge in [0.25, 0.3) is 0 Å². The van der Waals surface area contributed by atoms with E-state index in [0.717, 1.165) is 41.8 Å². The molecule has 0 fully saturated rings. The van der Waals surface area contributed by atoms with E-state index >= 15 is 0 Å². The fraction of sp³-hybridized carbons (Fsp3) is 0.318. The number of para-hydroxylation sites is 2. The van der Waals surface area contributed by atoms with Crippen molar-refractivity contribution in [2.45, 2.75) is 25.8 Å². The maximum absolute atomic E-state index is 12.6. The van der Waals surface area contributed by atoms with Crippen LogP contribution >= 0.6 is 0 Å². The molecule has 0 atom stereocenters. The number of amides is 1. The van der Waals surface area contributed by atoms with E-state index in [1.54, 1.807) is 7.11 Å². The van der Waals surface area contributed by atoms with Crippen LogP contribution in [0.1, 0.15) is 24.1 Å². The van der Waals surface area contributed by atoms with E-state index in [1.165, 1.54) is 11.3 Å². The number of carbonyl (C=O) groups is 1. The lowest BCUT2D eigenvalue weighted by molar-refractivity contribution is -0.132. The van der Waals surface area contributed by atoms with Gasteiger partial charge in [0, 0.05) is 42.6 Å². The molecule has 0 unspecified atom stereocenters. The summed E-state index contributed by atoms with van der Waals surface area (Å²) in [6.07, 6.45) is 2.08. The molecular weight excluding hydrogens is 340 g/mol. The SMILES string of the molecule is COc1cccc2c3c([nH]c12)CCN(C(=O)CCCOc1ccccc1)C3. The monoisotopic (exact) mass is 364 g/mol. The maximum atomic E-state index is 12.6. The van der Waals surface area contributed by atoms with E-state index in [2.05, 4.69) is 11.1 Å². The Morgan fingerprint density at radius 1 is 1.15 bits per heavy atom. The van der Waals surface area contributed by atoms with Crippen molar-refractivity contribution in [1.82, 2.24) is 9.88 Å². The van der Waals surface area contributed by atoms with Crippen LogP contribution in [0.4, 0.5) is 0 Å². The van der Waals surface area contributed by atoms with Crippen molar-refractivity contribution in [3.05, 3.63) is 59.8 Å². The van der Waals surface area contributed by atoms with Gasteiger partial charge in [-0.05, 0) is 24.6 Å². The number of nitrogens with zero attached hydrogens (tertiary/aromatic N) is 1. The Morgan fingerprint density at radius 2 is 2.00 bits per heavy atom. The highest BCUT2D eigenvalue weighted by Crippen LogP contribution is 2.33. The van der Waals surface area contributed by atoms with Gasteiger partial charge in [-0.3, -0.25) is 4.79 Å². The van der Waals surface area contributed by atoms with Gasteiger partial charge in [-0.25, -0.2) is 0 Å². The average molecular weight is 364 g/mol. The second-order valence-electron chi connectivity index (χ2n) is 6.80. The predicted octanol–water partition coefficient (Wildman–Crippen LogP) is 3.92. The first-order valence-corrected chi connectivity index (χ1v) is 9.38. The minimum Gasteiger partial charge on any atom is -0.495 e. The molecule has 5 nitrogen and oxygen atoms in total. The third-order valence-corrected chi connectivity index (χ3v) is 5.09. The number of methoxy groups -OCH3 is 1. The molecule has 27 heavy (non-hydrogen) atoms. The molecule has 0 spiro atoms. The zero-order valence-electron chi connectivity index (χ0n) is 15.5. The molecule has 1 aliphatic heterocycles. The van der Waals surface area contributed by atoms with Crippen molar-refractivity contribution in [2.75, 3.05) is 20.3 Å². The standard InChI is InChI=1S/C22H24N2O3/c1-26-20-10-5-9-17-18-15-24(13-12-19(18)23-22(17)20)21(25)11-6-14-27-16-7-3-2-4-8-16/h2-5,7-10,23H,6,11-15H2,1H3. The Hall–Kier alpha value is -2.95. The summed E-state index contributed by atoms with van der Waals surface area (Å²) in [5.74, 6) is 1.88. The van der Waals surface area contributed by atoms with Gasteiger partial charge in [-0.1, -0.05) is 30.3 Å². The zero-order valence-corrected chi connectivity index (χ0v) is 15.5. The van der Waals surface area contributed by atoms with Gasteiger partial charge in [-0.2, -0.15) is 0 Å². The van der Waals surface area contributed by atoms with Crippen molar-refractivity contribution < 1.29 is 14.3 Å². The van der Waals surface area contributed by atoms with Crippen LogP contribution in [0.25, 0.3) is 10.9 Å². The van der Waals surface area contributed by atoms with Gasteiger partial charge in [0.1, 0.15) is 11.5 Å². The average Bonchev–Trinajstić information content (AvgIpc) is 3.10. The molecule has 1 aliphatic rings. The van der Waals surface area contributed by atoms with Crippen molar-refractivity contribution in [3.63, 3.8) is 0 Å². The van der Waals surface area contributed by atoms with E-state index in [1.807, 2.05) is 47.4 Å². The summed E-state index contributed by atoms with van der Waals surface area (Å²) in [5, 5.41) is 1.15. The van der Waals surface area contributed by atoms with Crippen molar-refractivity contribution in [1.29, 1.82) is 0 Å². The highest BCUT2D eigenvalue weighted by atomic mass is 16.5. The highest BCUT2D eigenvalue weighted by molar-refractivity contribution is 5.90. The summed E-state index contributed by atoms with van der Waals surface area (Å²) < 4.78 is 11.1. The molecule has 2 aromatic carbocycles. The molecule has 4 rings (SSSR count). The number of rotatable bonds is 6. The predicted molar refractivity (Wildman–Crippen MR) is 105 cm³/mol. The molecule has 1 amide bonds. The number of hydrogen-bond acceptors (Lipinski definition) is 3. The Bertz CT molecular complexity index is 933. The molecule has 0 radical (unpaired) electrons. The van der Waals surface area contributed by atoms with Crippen molar-refractivity contribution in [2.24, 2.45) is 0 Å². The zero-order chi connectivity index (χ0) is 18.6. The summed E-state index contributed by atoms with van der Waals surface area (Å²) in [7, 11) is 1.68. The third kappa shape index (κ3) is 3.63. The molecule has 5 heteroatoms. The number of aromatic amines is 1. The summed E-state index contributed by atoms with van der Waals surface area (Å²) in [4.78, 5) is 18.1. The first-order chi connectivity index (χ1) is 13.3. The number of hydrogen-bond donors (Lipinski definition) is 1. The quantitative estimate of drug-likeness (QED) is 0.675. The van der Waals surface area contributed by atoms with E-state index < -0.39 is 0 Å². The molecule has 2 heterocycles. The van der Waals surface area contributed by atoms with Gasteiger partial charge in [0.2, 0.25) is 5.91 Å². The van der Waals surface area contributed by atoms with Gasteiger partial charge in [0.15, 0.2) is 0 Å². The van der Waals surface area contributed by atoms with Crippen LogP contribution in [0.2, 0.25) is 0 Å². The molecule has 140 valence electrons. The Balaban J connectivity index is 1.37. The number of ether oxygens (including phenoxy) is 2. The van der Waals surface area contributed by atoms with Crippen LogP contribution in [-0.2, 0) is 17.8 Å². The molecule has 1 N–H and O–H groups in total. The second kappa shape index (κ2) is 7.74. The number of benzene rings is 2. The molecule has 3 aromatic rings. The van der Waals surface area contributed by atoms with Crippen LogP contribution < -0.4 is 9.47 Å².